The molecule has 1 amide bonds. The number of anilines is 1. The first-order valence-electron chi connectivity index (χ1n) is 4.93. The molecule has 0 aromatic carbocycles. The number of carbonyl (C=O) groups is 1. The SMILES string of the molecule is Cc1csc(CNC(=O)c2ccc(N)nn2)n1. The van der Waals surface area contributed by atoms with Crippen molar-refractivity contribution in [3.05, 3.63) is 33.9 Å². The van der Waals surface area contributed by atoms with Gasteiger partial charge in [-0.25, -0.2) is 4.98 Å². The van der Waals surface area contributed by atoms with E-state index in [9.17, 15) is 4.79 Å². The molecule has 0 aliphatic rings. The fourth-order valence-corrected chi connectivity index (χ4v) is 1.91. The topological polar surface area (TPSA) is 93.8 Å². The Hall–Kier alpha value is -2.02. The highest BCUT2D eigenvalue weighted by atomic mass is 32.1. The normalized spacial score (nSPS) is 10.2. The number of amides is 1. The Kier molecular flexibility index (Phi) is 3.29. The number of aryl methyl sites for hydroxylation is 1. The van der Waals surface area contributed by atoms with E-state index in [-0.39, 0.29) is 17.4 Å². The Balaban J connectivity index is 1.95. The van der Waals surface area contributed by atoms with E-state index in [2.05, 4.69) is 20.5 Å². The minimum atomic E-state index is -0.287. The third kappa shape index (κ3) is 2.97. The van der Waals surface area contributed by atoms with Crippen LogP contribution in [0.1, 0.15) is 21.2 Å². The number of thiazole rings is 1. The average molecular weight is 249 g/mol. The van der Waals surface area contributed by atoms with Gasteiger partial charge < -0.3 is 11.1 Å². The van der Waals surface area contributed by atoms with Crippen LogP contribution < -0.4 is 11.1 Å². The van der Waals surface area contributed by atoms with Crippen molar-refractivity contribution in [2.75, 3.05) is 5.73 Å². The molecule has 6 nitrogen and oxygen atoms in total. The fraction of sp³-hybridized carbons (Fsp3) is 0.200. The van der Waals surface area contributed by atoms with Crippen molar-refractivity contribution >= 4 is 23.1 Å². The van der Waals surface area contributed by atoms with E-state index < -0.39 is 0 Å². The quantitative estimate of drug-likeness (QED) is 0.837. The lowest BCUT2D eigenvalue weighted by Crippen LogP contribution is -2.24. The Labute approximate surface area is 102 Å². The summed E-state index contributed by atoms with van der Waals surface area (Å²) < 4.78 is 0. The molecule has 3 N–H and O–H groups in total. The lowest BCUT2D eigenvalue weighted by atomic mass is 10.3. The van der Waals surface area contributed by atoms with E-state index >= 15 is 0 Å². The molecule has 17 heavy (non-hydrogen) atoms. The van der Waals surface area contributed by atoms with Gasteiger partial charge in [0.25, 0.3) is 5.91 Å². The Morgan fingerprint density at radius 2 is 2.29 bits per heavy atom. The summed E-state index contributed by atoms with van der Waals surface area (Å²) in [6.07, 6.45) is 0. The monoisotopic (exact) mass is 249 g/mol. The average Bonchev–Trinajstić information content (AvgIpc) is 2.73. The lowest BCUT2D eigenvalue weighted by Gasteiger charge is -2.01. The Bertz CT molecular complexity index is 522. The van der Waals surface area contributed by atoms with Gasteiger partial charge in [-0.3, -0.25) is 4.79 Å². The lowest BCUT2D eigenvalue weighted by molar-refractivity contribution is 0.0945. The van der Waals surface area contributed by atoms with Crippen molar-refractivity contribution < 1.29 is 4.79 Å². The second-order valence-corrected chi connectivity index (χ2v) is 4.35. The van der Waals surface area contributed by atoms with Crippen LogP contribution >= 0.6 is 11.3 Å². The maximum atomic E-state index is 11.7. The highest BCUT2D eigenvalue weighted by molar-refractivity contribution is 7.09. The number of hydrogen-bond donors (Lipinski definition) is 2. The van der Waals surface area contributed by atoms with E-state index in [1.165, 1.54) is 23.5 Å². The molecule has 0 aliphatic carbocycles. The van der Waals surface area contributed by atoms with E-state index in [1.54, 1.807) is 0 Å². The second kappa shape index (κ2) is 4.88. The van der Waals surface area contributed by atoms with Gasteiger partial charge in [-0.1, -0.05) is 0 Å². The molecular formula is C10H11N5OS. The first-order chi connectivity index (χ1) is 8.15. The predicted octanol–water partition coefficient (Wildman–Crippen LogP) is 0.754. The molecule has 0 radical (unpaired) electrons. The van der Waals surface area contributed by atoms with E-state index in [4.69, 9.17) is 5.73 Å². The first-order valence-corrected chi connectivity index (χ1v) is 5.81. The van der Waals surface area contributed by atoms with Crippen LogP contribution in [-0.2, 0) is 6.54 Å². The van der Waals surface area contributed by atoms with Crippen molar-refractivity contribution in [3.8, 4) is 0 Å². The first kappa shape index (κ1) is 11.5. The molecule has 0 saturated carbocycles. The van der Waals surface area contributed by atoms with Crippen molar-refractivity contribution in [3.63, 3.8) is 0 Å². The maximum Gasteiger partial charge on any atom is 0.272 e. The van der Waals surface area contributed by atoms with Crippen LogP contribution in [0, 0.1) is 6.92 Å². The molecule has 0 bridgehead atoms. The summed E-state index contributed by atoms with van der Waals surface area (Å²) >= 11 is 1.51. The maximum absolute atomic E-state index is 11.7. The zero-order valence-corrected chi connectivity index (χ0v) is 9.99. The number of carbonyl (C=O) groups excluding carboxylic acids is 1. The summed E-state index contributed by atoms with van der Waals surface area (Å²) in [5.41, 5.74) is 6.57. The smallest absolute Gasteiger partial charge is 0.272 e. The van der Waals surface area contributed by atoms with Gasteiger partial charge in [-0.05, 0) is 19.1 Å². The largest absolute Gasteiger partial charge is 0.382 e. The number of rotatable bonds is 3. The molecule has 2 heterocycles. The fourth-order valence-electron chi connectivity index (χ4n) is 1.19. The van der Waals surface area contributed by atoms with E-state index in [1.807, 2.05) is 12.3 Å². The Morgan fingerprint density at radius 1 is 1.47 bits per heavy atom. The van der Waals surface area contributed by atoms with Crippen molar-refractivity contribution in [1.29, 1.82) is 0 Å². The molecule has 0 atom stereocenters. The number of hydrogen-bond acceptors (Lipinski definition) is 6. The predicted molar refractivity (Wildman–Crippen MR) is 64.5 cm³/mol. The minimum absolute atomic E-state index is 0.243. The molecule has 0 fully saturated rings. The van der Waals surface area contributed by atoms with Crippen molar-refractivity contribution in [1.82, 2.24) is 20.5 Å². The molecule has 0 spiro atoms. The summed E-state index contributed by atoms with van der Waals surface area (Å²) in [7, 11) is 0. The zero-order chi connectivity index (χ0) is 12.3. The second-order valence-electron chi connectivity index (χ2n) is 3.41. The van der Waals surface area contributed by atoms with Crippen LogP contribution in [0.25, 0.3) is 0 Å². The highest BCUT2D eigenvalue weighted by Crippen LogP contribution is 2.08. The van der Waals surface area contributed by atoms with E-state index in [0.717, 1.165) is 10.7 Å². The zero-order valence-electron chi connectivity index (χ0n) is 9.17. The van der Waals surface area contributed by atoms with Gasteiger partial charge in [-0.2, -0.15) is 0 Å². The van der Waals surface area contributed by atoms with Crippen LogP contribution in [0.5, 0.6) is 0 Å². The molecule has 2 aromatic rings. The summed E-state index contributed by atoms with van der Waals surface area (Å²) in [5.74, 6) is 0.00227. The molecule has 0 saturated heterocycles. The summed E-state index contributed by atoms with van der Waals surface area (Å²) in [4.78, 5) is 15.9. The van der Waals surface area contributed by atoms with Crippen LogP contribution in [-0.4, -0.2) is 21.1 Å². The number of nitrogens with zero attached hydrogens (tertiary/aromatic N) is 3. The summed E-state index contributed by atoms with van der Waals surface area (Å²) in [6, 6.07) is 3.07. The van der Waals surface area contributed by atoms with Crippen LogP contribution in [0.15, 0.2) is 17.5 Å². The minimum Gasteiger partial charge on any atom is -0.382 e. The standard InChI is InChI=1S/C10H11N5OS/c1-6-5-17-9(13-6)4-12-10(16)7-2-3-8(11)15-14-7/h2-3,5H,4H2,1H3,(H2,11,15)(H,12,16). The molecular weight excluding hydrogens is 238 g/mol. The third-order valence-corrected chi connectivity index (χ3v) is 2.95. The van der Waals surface area contributed by atoms with Crippen molar-refractivity contribution in [2.45, 2.75) is 13.5 Å². The summed E-state index contributed by atoms with van der Waals surface area (Å²) in [6.45, 7) is 2.30. The molecule has 0 aliphatic heterocycles. The molecule has 7 heteroatoms. The molecule has 0 unspecified atom stereocenters. The van der Waals surface area contributed by atoms with Gasteiger partial charge >= 0.3 is 0 Å². The van der Waals surface area contributed by atoms with Gasteiger partial charge in [0.2, 0.25) is 0 Å². The number of aromatic nitrogens is 3. The van der Waals surface area contributed by atoms with Crippen molar-refractivity contribution in [2.24, 2.45) is 0 Å². The van der Waals surface area contributed by atoms with Gasteiger partial charge in [0, 0.05) is 11.1 Å². The van der Waals surface area contributed by atoms with Crippen LogP contribution in [0.2, 0.25) is 0 Å². The van der Waals surface area contributed by atoms with Crippen LogP contribution in [0.3, 0.4) is 0 Å². The van der Waals surface area contributed by atoms with E-state index in [0.29, 0.717) is 6.54 Å². The van der Waals surface area contributed by atoms with Gasteiger partial charge in [0.1, 0.15) is 10.8 Å². The molecule has 2 aromatic heterocycles. The Morgan fingerprint density at radius 3 is 2.88 bits per heavy atom. The highest BCUT2D eigenvalue weighted by Gasteiger charge is 2.08. The molecule has 2 rings (SSSR count). The van der Waals surface area contributed by atoms with Gasteiger partial charge in [0.15, 0.2) is 5.69 Å². The van der Waals surface area contributed by atoms with Crippen LogP contribution in [0.4, 0.5) is 5.82 Å². The number of nitrogens with one attached hydrogen (secondary N) is 1. The third-order valence-electron chi connectivity index (χ3n) is 1.98. The van der Waals surface area contributed by atoms with Gasteiger partial charge in [0.05, 0.1) is 6.54 Å². The summed E-state index contributed by atoms with van der Waals surface area (Å²) in [5, 5.41) is 12.8. The van der Waals surface area contributed by atoms with Gasteiger partial charge in [-0.15, -0.1) is 21.5 Å². The molecule has 88 valence electrons. The number of nitrogens with two attached hydrogens (primary N) is 1. The number of nitrogen functional groups attached to an aromatic ring is 1.